The van der Waals surface area contributed by atoms with Crippen molar-refractivity contribution >= 4 is 32.5 Å². The monoisotopic (exact) mass is 338 g/mol. The molecule has 1 nitrogen and oxygen atoms in total. The van der Waals surface area contributed by atoms with Gasteiger partial charge in [-0.05, 0) is 41.8 Å². The zero-order valence-electron chi connectivity index (χ0n) is 12.0. The Bertz CT molecular complexity index is 849. The lowest BCUT2D eigenvalue weighted by atomic mass is 9.93. The maximum Gasteiger partial charge on any atom is 0.193 e. The summed E-state index contributed by atoms with van der Waals surface area (Å²) in [7, 11) is 0. The zero-order valence-corrected chi connectivity index (χ0v) is 13.6. The van der Waals surface area contributed by atoms with Gasteiger partial charge in [-0.15, -0.1) is 0 Å². The lowest BCUT2D eigenvalue weighted by Crippen LogP contribution is -2.05. The van der Waals surface area contributed by atoms with Crippen LogP contribution in [0.3, 0.4) is 0 Å². The Balaban J connectivity index is 2.21. The van der Waals surface area contributed by atoms with Crippen LogP contribution in [-0.2, 0) is 0 Å². The van der Waals surface area contributed by atoms with Crippen molar-refractivity contribution in [2.24, 2.45) is 0 Å². The van der Waals surface area contributed by atoms with Crippen LogP contribution in [0.4, 0.5) is 0 Å². The number of hydrogen-bond acceptors (Lipinski definition) is 1. The SMILES string of the molecule is Cc1ccc(C(=O)c2c(C)ccc3ccccc23)cc1Br. The second-order valence-electron chi connectivity index (χ2n) is 5.27. The van der Waals surface area contributed by atoms with Crippen molar-refractivity contribution in [3.63, 3.8) is 0 Å². The van der Waals surface area contributed by atoms with Gasteiger partial charge < -0.3 is 0 Å². The van der Waals surface area contributed by atoms with Crippen LogP contribution in [0.25, 0.3) is 10.8 Å². The summed E-state index contributed by atoms with van der Waals surface area (Å²) in [5, 5.41) is 2.11. The predicted molar refractivity (Wildman–Crippen MR) is 91.0 cm³/mol. The van der Waals surface area contributed by atoms with Crippen LogP contribution in [-0.4, -0.2) is 5.78 Å². The van der Waals surface area contributed by atoms with Crippen LogP contribution in [0.1, 0.15) is 27.0 Å². The van der Waals surface area contributed by atoms with Crippen LogP contribution < -0.4 is 0 Å². The summed E-state index contributed by atoms with van der Waals surface area (Å²) in [6.45, 7) is 4.00. The molecule has 0 saturated heterocycles. The van der Waals surface area contributed by atoms with Crippen LogP contribution >= 0.6 is 15.9 Å². The summed E-state index contributed by atoms with van der Waals surface area (Å²) in [6.07, 6.45) is 0. The average molecular weight is 339 g/mol. The molecule has 0 unspecified atom stereocenters. The summed E-state index contributed by atoms with van der Waals surface area (Å²) < 4.78 is 0.964. The van der Waals surface area contributed by atoms with E-state index in [0.29, 0.717) is 5.56 Å². The number of rotatable bonds is 2. The summed E-state index contributed by atoms with van der Waals surface area (Å²) in [6, 6.07) is 17.9. The van der Waals surface area contributed by atoms with Crippen LogP contribution in [0.5, 0.6) is 0 Å². The van der Waals surface area contributed by atoms with Crippen LogP contribution in [0, 0.1) is 13.8 Å². The van der Waals surface area contributed by atoms with Crippen LogP contribution in [0.15, 0.2) is 59.1 Å². The molecule has 0 spiro atoms. The van der Waals surface area contributed by atoms with E-state index in [0.717, 1.165) is 31.9 Å². The predicted octanol–water partition coefficient (Wildman–Crippen LogP) is 5.45. The Kier molecular flexibility index (Phi) is 3.64. The maximum atomic E-state index is 12.9. The molecule has 0 saturated carbocycles. The standard InChI is InChI=1S/C19H15BrO/c1-12-7-10-15(11-17(12)20)19(21)18-13(2)8-9-14-5-3-4-6-16(14)18/h3-11H,1-2H3. The number of halogens is 1. The van der Waals surface area contributed by atoms with E-state index in [1.54, 1.807) is 0 Å². The number of ketones is 1. The first-order chi connectivity index (χ1) is 10.1. The minimum atomic E-state index is 0.0741. The number of hydrogen-bond donors (Lipinski definition) is 0. The minimum Gasteiger partial charge on any atom is -0.289 e. The first kappa shape index (κ1) is 14.0. The van der Waals surface area contributed by atoms with Crippen molar-refractivity contribution in [3.05, 3.63) is 81.3 Å². The van der Waals surface area contributed by atoms with Gasteiger partial charge in [-0.3, -0.25) is 4.79 Å². The largest absolute Gasteiger partial charge is 0.289 e. The van der Waals surface area contributed by atoms with Gasteiger partial charge in [0, 0.05) is 15.6 Å². The fourth-order valence-electron chi connectivity index (χ4n) is 2.56. The molecule has 3 rings (SSSR count). The van der Waals surface area contributed by atoms with Crippen molar-refractivity contribution in [1.82, 2.24) is 0 Å². The van der Waals surface area contributed by atoms with Gasteiger partial charge in [0.25, 0.3) is 0 Å². The van der Waals surface area contributed by atoms with Crippen molar-refractivity contribution in [2.45, 2.75) is 13.8 Å². The van der Waals surface area contributed by atoms with E-state index in [4.69, 9.17) is 0 Å². The highest BCUT2D eigenvalue weighted by Gasteiger charge is 2.15. The molecule has 0 heterocycles. The lowest BCUT2D eigenvalue weighted by molar-refractivity contribution is 0.103. The van der Waals surface area contributed by atoms with Gasteiger partial charge in [-0.2, -0.15) is 0 Å². The number of carbonyl (C=O) groups excluding carboxylic acids is 1. The summed E-state index contributed by atoms with van der Waals surface area (Å²) >= 11 is 3.50. The Labute approximate surface area is 132 Å². The third-order valence-electron chi connectivity index (χ3n) is 3.80. The molecule has 0 atom stereocenters. The van der Waals surface area contributed by atoms with Crippen molar-refractivity contribution in [3.8, 4) is 0 Å². The molecule has 0 amide bonds. The van der Waals surface area contributed by atoms with E-state index in [2.05, 4.69) is 22.0 Å². The highest BCUT2D eigenvalue weighted by Crippen LogP contribution is 2.26. The topological polar surface area (TPSA) is 17.1 Å². The molecule has 2 heteroatoms. The molecule has 3 aromatic carbocycles. The summed E-state index contributed by atoms with van der Waals surface area (Å²) in [4.78, 5) is 12.9. The van der Waals surface area contributed by atoms with E-state index < -0.39 is 0 Å². The fraction of sp³-hybridized carbons (Fsp3) is 0.105. The molecule has 21 heavy (non-hydrogen) atoms. The molecular weight excluding hydrogens is 324 g/mol. The molecule has 0 aliphatic rings. The molecule has 0 bridgehead atoms. The van der Waals surface area contributed by atoms with Gasteiger partial charge in [0.15, 0.2) is 5.78 Å². The third kappa shape index (κ3) is 2.52. The highest BCUT2D eigenvalue weighted by atomic mass is 79.9. The average Bonchev–Trinajstić information content (AvgIpc) is 2.49. The first-order valence-corrected chi connectivity index (χ1v) is 7.66. The fourth-order valence-corrected chi connectivity index (χ4v) is 2.94. The Morgan fingerprint density at radius 1 is 0.905 bits per heavy atom. The first-order valence-electron chi connectivity index (χ1n) is 6.87. The molecular formula is C19H15BrO. The second-order valence-corrected chi connectivity index (χ2v) is 6.13. The summed E-state index contributed by atoms with van der Waals surface area (Å²) in [5.41, 5.74) is 3.65. The van der Waals surface area contributed by atoms with Crippen molar-refractivity contribution in [2.75, 3.05) is 0 Å². The Morgan fingerprint density at radius 2 is 1.62 bits per heavy atom. The molecule has 0 aliphatic carbocycles. The molecule has 3 aromatic rings. The Morgan fingerprint density at radius 3 is 2.38 bits per heavy atom. The molecule has 0 radical (unpaired) electrons. The van der Waals surface area contributed by atoms with Gasteiger partial charge in [-0.25, -0.2) is 0 Å². The number of fused-ring (bicyclic) bond motifs is 1. The maximum absolute atomic E-state index is 12.9. The van der Waals surface area contributed by atoms with Gasteiger partial charge in [0.1, 0.15) is 0 Å². The highest BCUT2D eigenvalue weighted by molar-refractivity contribution is 9.10. The minimum absolute atomic E-state index is 0.0741. The third-order valence-corrected chi connectivity index (χ3v) is 4.65. The smallest absolute Gasteiger partial charge is 0.193 e. The molecule has 0 aromatic heterocycles. The van der Waals surface area contributed by atoms with E-state index >= 15 is 0 Å². The van der Waals surface area contributed by atoms with Gasteiger partial charge >= 0.3 is 0 Å². The second kappa shape index (κ2) is 5.45. The summed E-state index contributed by atoms with van der Waals surface area (Å²) in [5.74, 6) is 0.0741. The van der Waals surface area contributed by atoms with Gasteiger partial charge in [0.05, 0.1) is 0 Å². The number of aryl methyl sites for hydroxylation is 2. The zero-order chi connectivity index (χ0) is 15.0. The van der Waals surface area contributed by atoms with Gasteiger partial charge in [-0.1, -0.05) is 64.5 Å². The van der Waals surface area contributed by atoms with E-state index in [9.17, 15) is 4.79 Å². The number of benzene rings is 3. The van der Waals surface area contributed by atoms with Gasteiger partial charge in [0.2, 0.25) is 0 Å². The molecule has 104 valence electrons. The van der Waals surface area contributed by atoms with E-state index in [1.807, 2.05) is 62.4 Å². The molecule has 0 fully saturated rings. The lowest BCUT2D eigenvalue weighted by Gasteiger charge is -2.10. The molecule has 0 N–H and O–H groups in total. The van der Waals surface area contributed by atoms with E-state index in [-0.39, 0.29) is 5.78 Å². The van der Waals surface area contributed by atoms with Crippen molar-refractivity contribution < 1.29 is 4.79 Å². The molecule has 0 aliphatic heterocycles. The normalized spacial score (nSPS) is 10.8. The van der Waals surface area contributed by atoms with E-state index in [1.165, 1.54) is 0 Å². The number of carbonyl (C=O) groups is 1. The Hall–Kier alpha value is -1.93. The quantitative estimate of drug-likeness (QED) is 0.568. The van der Waals surface area contributed by atoms with Crippen molar-refractivity contribution in [1.29, 1.82) is 0 Å². The van der Waals surface area contributed by atoms with Crippen LogP contribution in [0.2, 0.25) is 0 Å².